The molecule has 7 nitrogen and oxygen atoms in total. The Morgan fingerprint density at radius 1 is 1.08 bits per heavy atom. The van der Waals surface area contributed by atoms with Gasteiger partial charge in [0.15, 0.2) is 6.10 Å². The van der Waals surface area contributed by atoms with Crippen molar-refractivity contribution in [3.63, 3.8) is 0 Å². The van der Waals surface area contributed by atoms with Crippen molar-refractivity contribution in [1.29, 1.82) is 0 Å². The number of aromatic amines is 1. The first kappa shape index (κ1) is 17.5. The minimum atomic E-state index is -1.03. The monoisotopic (exact) mass is 352 g/mol. The minimum Gasteiger partial charge on any atom is -0.436 e. The highest BCUT2D eigenvalue weighted by molar-refractivity contribution is 5.86. The number of carbonyl (C=O) groups excluding carboxylic acids is 2. The maximum absolute atomic E-state index is 12.1. The van der Waals surface area contributed by atoms with Crippen LogP contribution in [0.4, 0.5) is 4.79 Å². The molecule has 0 unspecified atom stereocenters. The Morgan fingerprint density at radius 3 is 2.58 bits per heavy atom. The highest BCUT2D eigenvalue weighted by atomic mass is 16.6. The third kappa shape index (κ3) is 4.20. The van der Waals surface area contributed by atoms with Gasteiger partial charge in [0.2, 0.25) is 0 Å². The number of hydrazine groups is 1. The van der Waals surface area contributed by atoms with E-state index >= 15 is 0 Å². The Hall–Kier alpha value is -3.32. The summed E-state index contributed by atoms with van der Waals surface area (Å²) >= 11 is 0. The predicted molar refractivity (Wildman–Crippen MR) is 97.9 cm³/mol. The van der Waals surface area contributed by atoms with Crippen molar-refractivity contribution >= 4 is 22.9 Å². The number of amides is 2. The molecule has 26 heavy (non-hydrogen) atoms. The first-order valence-electron chi connectivity index (χ1n) is 8.21. The second-order valence-electron chi connectivity index (χ2n) is 5.81. The van der Waals surface area contributed by atoms with Crippen molar-refractivity contribution in [3.8, 4) is 0 Å². The summed E-state index contributed by atoms with van der Waals surface area (Å²) in [5, 5.41) is 3.60. The first-order chi connectivity index (χ1) is 12.7. The van der Waals surface area contributed by atoms with Gasteiger partial charge in [0.1, 0.15) is 0 Å². The molecule has 1 aromatic heterocycles. The van der Waals surface area contributed by atoms with Gasteiger partial charge in [0.05, 0.1) is 0 Å². The number of nitrogens with two attached hydrogens (primary N) is 1. The third-order valence-corrected chi connectivity index (χ3v) is 4.04. The van der Waals surface area contributed by atoms with Crippen LogP contribution in [-0.4, -0.2) is 23.1 Å². The van der Waals surface area contributed by atoms with E-state index in [1.165, 1.54) is 0 Å². The predicted octanol–water partition coefficient (Wildman–Crippen LogP) is 2.00. The van der Waals surface area contributed by atoms with E-state index in [1.54, 1.807) is 6.20 Å². The van der Waals surface area contributed by atoms with Crippen LogP contribution in [0.5, 0.6) is 0 Å². The van der Waals surface area contributed by atoms with Gasteiger partial charge in [-0.05, 0) is 17.2 Å². The molecule has 1 atom stereocenters. The quantitative estimate of drug-likeness (QED) is 0.309. The van der Waals surface area contributed by atoms with Crippen molar-refractivity contribution in [3.05, 3.63) is 71.9 Å². The van der Waals surface area contributed by atoms with Gasteiger partial charge in [-0.25, -0.2) is 10.6 Å². The first-order valence-corrected chi connectivity index (χ1v) is 8.21. The lowest BCUT2D eigenvalue weighted by molar-refractivity contribution is -0.129. The molecule has 5 N–H and O–H groups in total. The molecule has 0 aliphatic rings. The maximum atomic E-state index is 12.1. The van der Waals surface area contributed by atoms with Crippen LogP contribution >= 0.6 is 0 Å². The molecule has 0 saturated heterocycles. The van der Waals surface area contributed by atoms with E-state index in [9.17, 15) is 9.59 Å². The second kappa shape index (κ2) is 8.17. The number of hydrogen-bond donors (Lipinski definition) is 4. The van der Waals surface area contributed by atoms with Gasteiger partial charge >= 0.3 is 6.09 Å². The van der Waals surface area contributed by atoms with Crippen LogP contribution in [0.1, 0.15) is 11.1 Å². The highest BCUT2D eigenvalue weighted by Gasteiger charge is 2.24. The summed E-state index contributed by atoms with van der Waals surface area (Å²) in [7, 11) is 0. The molecule has 0 radical (unpaired) electrons. The Kier molecular flexibility index (Phi) is 5.50. The topological polar surface area (TPSA) is 109 Å². The van der Waals surface area contributed by atoms with Crippen LogP contribution in [0.3, 0.4) is 0 Å². The Morgan fingerprint density at radius 2 is 1.81 bits per heavy atom. The van der Waals surface area contributed by atoms with E-state index in [4.69, 9.17) is 10.6 Å². The van der Waals surface area contributed by atoms with Gasteiger partial charge in [-0.2, -0.15) is 0 Å². The number of nitrogens with one attached hydrogen (secondary N) is 3. The molecular weight excluding hydrogens is 332 g/mol. The average Bonchev–Trinajstić information content (AvgIpc) is 3.09. The SMILES string of the molecule is NNC(=O)[C@H](Cc1c[nH]c2ccccc12)OC(=O)NCc1ccccc1. The van der Waals surface area contributed by atoms with Crippen molar-refractivity contribution < 1.29 is 14.3 Å². The molecule has 3 aromatic rings. The molecule has 0 aliphatic heterocycles. The second-order valence-corrected chi connectivity index (χ2v) is 5.81. The van der Waals surface area contributed by atoms with Gasteiger partial charge in [0, 0.05) is 30.1 Å². The zero-order valence-electron chi connectivity index (χ0n) is 14.1. The minimum absolute atomic E-state index is 0.214. The largest absolute Gasteiger partial charge is 0.436 e. The summed E-state index contributed by atoms with van der Waals surface area (Å²) in [6, 6.07) is 17.1. The zero-order valence-corrected chi connectivity index (χ0v) is 14.1. The molecule has 0 fully saturated rings. The van der Waals surface area contributed by atoms with Crippen LogP contribution in [0.25, 0.3) is 10.9 Å². The molecule has 2 aromatic carbocycles. The molecule has 0 saturated carbocycles. The van der Waals surface area contributed by atoms with E-state index in [-0.39, 0.29) is 6.42 Å². The van der Waals surface area contributed by atoms with Crippen LogP contribution in [0.2, 0.25) is 0 Å². The van der Waals surface area contributed by atoms with Crippen LogP contribution < -0.4 is 16.6 Å². The average molecular weight is 352 g/mol. The molecular formula is C19H20N4O3. The normalized spacial score (nSPS) is 11.7. The molecule has 2 amide bonds. The smallest absolute Gasteiger partial charge is 0.408 e. The molecule has 134 valence electrons. The maximum Gasteiger partial charge on any atom is 0.408 e. The van der Waals surface area contributed by atoms with Gasteiger partial charge in [-0.1, -0.05) is 48.5 Å². The lowest BCUT2D eigenvalue weighted by Gasteiger charge is -2.16. The number of hydrogen-bond acceptors (Lipinski definition) is 4. The number of carbonyl (C=O) groups is 2. The number of alkyl carbamates (subject to hydrolysis) is 1. The van der Waals surface area contributed by atoms with E-state index in [1.807, 2.05) is 54.6 Å². The molecule has 1 heterocycles. The number of aromatic nitrogens is 1. The van der Waals surface area contributed by atoms with Crippen molar-refractivity contribution in [2.45, 2.75) is 19.1 Å². The Balaban J connectivity index is 1.66. The highest BCUT2D eigenvalue weighted by Crippen LogP contribution is 2.20. The Labute approximate surface area is 150 Å². The summed E-state index contributed by atoms with van der Waals surface area (Å²) in [5.41, 5.74) is 4.79. The van der Waals surface area contributed by atoms with E-state index in [2.05, 4.69) is 15.7 Å². The van der Waals surface area contributed by atoms with Crippen molar-refractivity contribution in [1.82, 2.24) is 15.7 Å². The van der Waals surface area contributed by atoms with E-state index in [0.717, 1.165) is 22.0 Å². The number of fused-ring (bicyclic) bond motifs is 1. The lowest BCUT2D eigenvalue weighted by atomic mass is 10.1. The number of para-hydroxylation sites is 1. The lowest BCUT2D eigenvalue weighted by Crippen LogP contribution is -2.44. The van der Waals surface area contributed by atoms with E-state index < -0.39 is 18.1 Å². The number of H-pyrrole nitrogens is 1. The third-order valence-electron chi connectivity index (χ3n) is 4.04. The van der Waals surface area contributed by atoms with Gasteiger partial charge in [-0.15, -0.1) is 0 Å². The summed E-state index contributed by atoms with van der Waals surface area (Å²) < 4.78 is 5.29. The fourth-order valence-corrected chi connectivity index (χ4v) is 2.72. The molecule has 0 bridgehead atoms. The van der Waals surface area contributed by atoms with Crippen LogP contribution in [0.15, 0.2) is 60.8 Å². The van der Waals surface area contributed by atoms with Gasteiger partial charge in [0.25, 0.3) is 5.91 Å². The van der Waals surface area contributed by atoms with Crippen LogP contribution in [-0.2, 0) is 22.5 Å². The van der Waals surface area contributed by atoms with Gasteiger partial charge < -0.3 is 15.0 Å². The summed E-state index contributed by atoms with van der Waals surface area (Å²) in [6.07, 6.45) is 0.302. The van der Waals surface area contributed by atoms with Crippen molar-refractivity contribution in [2.75, 3.05) is 0 Å². The zero-order chi connectivity index (χ0) is 18.4. The fourth-order valence-electron chi connectivity index (χ4n) is 2.72. The van der Waals surface area contributed by atoms with E-state index in [0.29, 0.717) is 6.54 Å². The summed E-state index contributed by atoms with van der Waals surface area (Å²) in [6.45, 7) is 0.309. The van der Waals surface area contributed by atoms with Crippen LogP contribution in [0, 0.1) is 0 Å². The molecule has 0 spiro atoms. The Bertz CT molecular complexity index is 892. The number of ether oxygens (including phenoxy) is 1. The molecule has 3 rings (SSSR count). The summed E-state index contributed by atoms with van der Waals surface area (Å²) in [5.74, 6) is 4.67. The van der Waals surface area contributed by atoms with Gasteiger partial charge in [-0.3, -0.25) is 10.2 Å². The molecule has 7 heteroatoms. The number of benzene rings is 2. The van der Waals surface area contributed by atoms with Crippen molar-refractivity contribution in [2.24, 2.45) is 5.84 Å². The summed E-state index contributed by atoms with van der Waals surface area (Å²) in [4.78, 5) is 27.2. The standard InChI is InChI=1S/C19H20N4O3/c20-23-18(24)17(10-14-12-21-16-9-5-4-8-15(14)16)26-19(25)22-11-13-6-2-1-3-7-13/h1-9,12,17,21H,10-11,20H2,(H,22,25)(H,23,24)/t17-/m0/s1. The number of rotatable bonds is 6. The fraction of sp³-hybridized carbons (Fsp3) is 0.158. The molecule has 0 aliphatic carbocycles.